The normalized spacial score (nSPS) is 11.6. The van der Waals surface area contributed by atoms with Crippen LogP contribution in [0.15, 0.2) is 47.5 Å². The molecule has 3 rings (SSSR count). The number of aromatic nitrogens is 2. The smallest absolute Gasteiger partial charge is 0.152 e. The molecule has 0 fully saturated rings. The molecule has 24 heavy (non-hydrogen) atoms. The van der Waals surface area contributed by atoms with E-state index in [-0.39, 0.29) is 0 Å². The molecule has 0 aliphatic heterocycles. The van der Waals surface area contributed by atoms with Crippen LogP contribution in [0.3, 0.4) is 0 Å². The number of anilines is 1. The van der Waals surface area contributed by atoms with E-state index in [9.17, 15) is 0 Å². The first-order chi connectivity index (χ1) is 11.5. The van der Waals surface area contributed by atoms with Crippen LogP contribution in [-0.4, -0.2) is 15.4 Å². The van der Waals surface area contributed by atoms with Crippen molar-refractivity contribution >= 4 is 51.9 Å². The van der Waals surface area contributed by atoms with Crippen molar-refractivity contribution in [2.45, 2.75) is 13.8 Å². The molecule has 3 aromatic rings. The molecule has 7 heteroatoms. The molecule has 0 atom stereocenters. The Labute approximate surface area is 154 Å². The zero-order valence-electron chi connectivity index (χ0n) is 13.0. The number of rotatable bonds is 3. The van der Waals surface area contributed by atoms with Crippen molar-refractivity contribution in [1.82, 2.24) is 9.59 Å². The first-order valence-electron chi connectivity index (χ1n) is 7.20. The highest BCUT2D eigenvalue weighted by Crippen LogP contribution is 2.27. The second-order valence-electron chi connectivity index (χ2n) is 5.18. The third-order valence-electron chi connectivity index (χ3n) is 3.38. The second-order valence-corrected chi connectivity index (χ2v) is 6.78. The van der Waals surface area contributed by atoms with Crippen molar-refractivity contribution in [3.63, 3.8) is 0 Å². The van der Waals surface area contributed by atoms with Gasteiger partial charge in [0.1, 0.15) is 4.88 Å². The van der Waals surface area contributed by atoms with Gasteiger partial charge in [0.25, 0.3) is 0 Å². The number of amidine groups is 1. The minimum absolute atomic E-state index is 0.619. The summed E-state index contributed by atoms with van der Waals surface area (Å²) in [5, 5.41) is 8.67. The average molecular weight is 377 g/mol. The van der Waals surface area contributed by atoms with Gasteiger partial charge in [-0.3, -0.25) is 0 Å². The van der Waals surface area contributed by atoms with Crippen LogP contribution in [0.2, 0.25) is 10.0 Å². The van der Waals surface area contributed by atoms with Gasteiger partial charge in [-0.25, -0.2) is 4.99 Å². The van der Waals surface area contributed by atoms with E-state index < -0.39 is 0 Å². The summed E-state index contributed by atoms with van der Waals surface area (Å²) in [7, 11) is 0. The highest BCUT2D eigenvalue weighted by atomic mass is 35.5. The van der Waals surface area contributed by atoms with Crippen molar-refractivity contribution in [1.29, 1.82) is 0 Å². The van der Waals surface area contributed by atoms with Gasteiger partial charge in [-0.1, -0.05) is 39.8 Å². The lowest BCUT2D eigenvalue weighted by Gasteiger charge is -2.11. The van der Waals surface area contributed by atoms with Gasteiger partial charge in [0.2, 0.25) is 0 Å². The fourth-order valence-corrected chi connectivity index (χ4v) is 3.15. The molecule has 0 saturated carbocycles. The summed E-state index contributed by atoms with van der Waals surface area (Å²) in [6.07, 6.45) is 0. The summed E-state index contributed by atoms with van der Waals surface area (Å²) >= 11 is 13.6. The molecule has 0 amide bonds. The summed E-state index contributed by atoms with van der Waals surface area (Å²) in [5.74, 6) is 0.654. The van der Waals surface area contributed by atoms with Crippen LogP contribution in [0.25, 0.3) is 0 Å². The molecule has 0 aliphatic carbocycles. The molecule has 0 saturated heterocycles. The van der Waals surface area contributed by atoms with Crippen molar-refractivity contribution in [2.24, 2.45) is 4.99 Å². The summed E-state index contributed by atoms with van der Waals surface area (Å²) in [5.41, 5.74) is 3.39. The van der Waals surface area contributed by atoms with Crippen LogP contribution in [0.1, 0.15) is 16.1 Å². The summed E-state index contributed by atoms with van der Waals surface area (Å²) in [4.78, 5) is 5.62. The Balaban J connectivity index is 2.07. The van der Waals surface area contributed by atoms with E-state index >= 15 is 0 Å². The fourth-order valence-electron chi connectivity index (χ4n) is 2.14. The van der Waals surface area contributed by atoms with Crippen molar-refractivity contribution in [2.75, 3.05) is 5.32 Å². The summed E-state index contributed by atoms with van der Waals surface area (Å²) < 4.78 is 4.00. The number of nitrogens with one attached hydrogen (secondary N) is 1. The first-order valence-corrected chi connectivity index (χ1v) is 8.73. The Bertz CT molecular complexity index is 905. The summed E-state index contributed by atoms with van der Waals surface area (Å²) in [6, 6.07) is 13.1. The molecule has 1 aromatic heterocycles. The van der Waals surface area contributed by atoms with Gasteiger partial charge < -0.3 is 5.32 Å². The van der Waals surface area contributed by atoms with E-state index in [4.69, 9.17) is 28.2 Å². The zero-order valence-corrected chi connectivity index (χ0v) is 15.4. The van der Waals surface area contributed by atoms with Gasteiger partial charge >= 0.3 is 0 Å². The quantitative estimate of drug-likeness (QED) is 0.474. The van der Waals surface area contributed by atoms with E-state index in [1.54, 1.807) is 0 Å². The van der Waals surface area contributed by atoms with Crippen LogP contribution in [0, 0.1) is 13.8 Å². The molecule has 1 N–H and O–H groups in total. The predicted molar refractivity (Wildman–Crippen MR) is 102 cm³/mol. The van der Waals surface area contributed by atoms with Crippen molar-refractivity contribution in [3.05, 3.63) is 68.6 Å². The Morgan fingerprint density at radius 1 is 1.12 bits per heavy atom. The third-order valence-corrected chi connectivity index (χ3v) is 4.78. The van der Waals surface area contributed by atoms with Gasteiger partial charge in [-0.05, 0) is 61.3 Å². The van der Waals surface area contributed by atoms with Crippen molar-refractivity contribution in [3.8, 4) is 0 Å². The number of para-hydroxylation sites is 1. The topological polar surface area (TPSA) is 50.2 Å². The maximum absolute atomic E-state index is 6.26. The number of hydrogen-bond acceptors (Lipinski definition) is 4. The molecule has 0 aliphatic rings. The highest BCUT2D eigenvalue weighted by Gasteiger charge is 2.14. The SMILES string of the molecule is Cc1cc(Cl)ccc1N=C(Nc1ccccc1Cl)c1snnc1C. The van der Waals surface area contributed by atoms with E-state index in [0.717, 1.165) is 27.5 Å². The zero-order chi connectivity index (χ0) is 17.1. The minimum atomic E-state index is 0.619. The van der Waals surface area contributed by atoms with E-state index in [0.29, 0.717) is 15.9 Å². The van der Waals surface area contributed by atoms with Crippen LogP contribution in [0.4, 0.5) is 11.4 Å². The number of aryl methyl sites for hydroxylation is 2. The maximum atomic E-state index is 6.26. The van der Waals surface area contributed by atoms with Gasteiger partial charge in [-0.2, -0.15) is 0 Å². The fraction of sp³-hybridized carbons (Fsp3) is 0.118. The lowest BCUT2D eigenvalue weighted by atomic mass is 10.2. The number of halogens is 2. The first kappa shape index (κ1) is 16.9. The standard InChI is InChI=1S/C17H14Cl2N4S/c1-10-9-12(18)7-8-14(10)20-17(16-11(2)22-23-24-16)21-15-6-4-3-5-13(15)19/h3-9H,1-2H3,(H,20,21). The molecule has 0 radical (unpaired) electrons. The molecule has 4 nitrogen and oxygen atoms in total. The second kappa shape index (κ2) is 7.30. The lowest BCUT2D eigenvalue weighted by molar-refractivity contribution is 1.09. The largest absolute Gasteiger partial charge is 0.338 e. The molecular weight excluding hydrogens is 363 g/mol. The number of benzene rings is 2. The Morgan fingerprint density at radius 2 is 1.92 bits per heavy atom. The van der Waals surface area contributed by atoms with Crippen LogP contribution in [0.5, 0.6) is 0 Å². The molecule has 1 heterocycles. The Kier molecular flexibility index (Phi) is 5.14. The van der Waals surface area contributed by atoms with Gasteiger partial charge in [0, 0.05) is 5.02 Å². The van der Waals surface area contributed by atoms with E-state index in [1.165, 1.54) is 11.5 Å². The number of hydrogen-bond donors (Lipinski definition) is 1. The highest BCUT2D eigenvalue weighted by molar-refractivity contribution is 7.08. The molecule has 122 valence electrons. The lowest BCUT2D eigenvalue weighted by Crippen LogP contribution is -2.13. The summed E-state index contributed by atoms with van der Waals surface area (Å²) in [6.45, 7) is 3.87. The monoisotopic (exact) mass is 376 g/mol. The third kappa shape index (κ3) is 3.75. The van der Waals surface area contributed by atoms with Crippen LogP contribution < -0.4 is 5.32 Å². The average Bonchev–Trinajstić information content (AvgIpc) is 2.97. The number of nitrogens with zero attached hydrogens (tertiary/aromatic N) is 3. The maximum Gasteiger partial charge on any atom is 0.152 e. The van der Waals surface area contributed by atoms with Crippen LogP contribution in [-0.2, 0) is 0 Å². The minimum Gasteiger partial charge on any atom is -0.338 e. The Hall–Kier alpha value is -1.95. The number of aliphatic imine (C=N–C) groups is 1. The molecule has 0 unspecified atom stereocenters. The molecule has 0 bridgehead atoms. The van der Waals surface area contributed by atoms with Crippen LogP contribution >= 0.6 is 34.7 Å². The predicted octanol–water partition coefficient (Wildman–Crippen LogP) is 5.65. The molecular formula is C17H14Cl2N4S. The van der Waals surface area contributed by atoms with Gasteiger partial charge in [0.05, 0.1) is 22.1 Å². The van der Waals surface area contributed by atoms with Gasteiger partial charge in [-0.15, -0.1) is 5.10 Å². The van der Waals surface area contributed by atoms with E-state index in [2.05, 4.69) is 14.9 Å². The molecule has 2 aromatic carbocycles. The molecule has 0 spiro atoms. The van der Waals surface area contributed by atoms with Crippen molar-refractivity contribution < 1.29 is 0 Å². The Morgan fingerprint density at radius 3 is 2.58 bits per heavy atom. The van der Waals surface area contributed by atoms with E-state index in [1.807, 2.05) is 56.3 Å². The van der Waals surface area contributed by atoms with Gasteiger partial charge in [0.15, 0.2) is 5.84 Å².